The average molecular weight is 315 g/mol. The van der Waals surface area contributed by atoms with Crippen LogP contribution in [-0.4, -0.2) is 17.1 Å². The standard InChI is InChI=1S/C21H17NO2/c23-20-19(15-9-3-1-4-10-15)17-13-7-8-14-18(17)22(21(20)24)16-11-5-2-6-12-16/h1-14,19-20,23H/t19-,20-/m0/s1. The fourth-order valence-electron chi connectivity index (χ4n) is 3.38. The highest BCUT2D eigenvalue weighted by atomic mass is 16.3. The highest BCUT2D eigenvalue weighted by Gasteiger charge is 2.40. The van der Waals surface area contributed by atoms with E-state index in [2.05, 4.69) is 0 Å². The number of fused-ring (bicyclic) bond motifs is 1. The number of nitrogens with zero attached hydrogens (tertiary/aromatic N) is 1. The number of benzene rings is 3. The van der Waals surface area contributed by atoms with Gasteiger partial charge in [0.1, 0.15) is 6.10 Å². The third-order valence-electron chi connectivity index (χ3n) is 4.47. The number of carbonyl (C=O) groups is 1. The first kappa shape index (κ1) is 14.7. The molecule has 3 aromatic carbocycles. The van der Waals surface area contributed by atoms with Gasteiger partial charge in [0.25, 0.3) is 5.91 Å². The Morgan fingerprint density at radius 3 is 2.04 bits per heavy atom. The number of para-hydroxylation sites is 2. The van der Waals surface area contributed by atoms with E-state index in [4.69, 9.17) is 0 Å². The number of carbonyl (C=O) groups excluding carboxylic acids is 1. The molecule has 1 N–H and O–H groups in total. The van der Waals surface area contributed by atoms with E-state index in [0.717, 1.165) is 22.5 Å². The van der Waals surface area contributed by atoms with Crippen molar-refractivity contribution in [1.29, 1.82) is 0 Å². The summed E-state index contributed by atoms with van der Waals surface area (Å²) in [6.07, 6.45) is -1.11. The van der Waals surface area contributed by atoms with Gasteiger partial charge >= 0.3 is 0 Å². The second kappa shape index (κ2) is 5.95. The summed E-state index contributed by atoms with van der Waals surface area (Å²) in [5.41, 5.74) is 3.49. The lowest BCUT2D eigenvalue weighted by Crippen LogP contribution is -2.44. The second-order valence-corrected chi connectivity index (χ2v) is 5.90. The van der Waals surface area contributed by atoms with Gasteiger partial charge < -0.3 is 5.11 Å². The van der Waals surface area contributed by atoms with E-state index in [1.165, 1.54) is 0 Å². The molecule has 0 aliphatic carbocycles. The molecule has 0 spiro atoms. The Bertz CT molecular complexity index is 861. The van der Waals surface area contributed by atoms with Crippen LogP contribution in [0.25, 0.3) is 0 Å². The monoisotopic (exact) mass is 315 g/mol. The zero-order valence-electron chi connectivity index (χ0n) is 13.0. The maximum atomic E-state index is 12.9. The number of aliphatic hydroxyl groups excluding tert-OH is 1. The Morgan fingerprint density at radius 1 is 0.750 bits per heavy atom. The lowest BCUT2D eigenvalue weighted by Gasteiger charge is -2.37. The summed E-state index contributed by atoms with van der Waals surface area (Å²) >= 11 is 0. The minimum absolute atomic E-state index is 0.297. The van der Waals surface area contributed by atoms with Crippen LogP contribution in [0.1, 0.15) is 17.0 Å². The van der Waals surface area contributed by atoms with E-state index in [-0.39, 0.29) is 11.8 Å². The fourth-order valence-corrected chi connectivity index (χ4v) is 3.38. The Balaban J connectivity index is 1.90. The lowest BCUT2D eigenvalue weighted by molar-refractivity contribution is -0.127. The summed E-state index contributed by atoms with van der Waals surface area (Å²) < 4.78 is 0. The normalized spacial score (nSPS) is 19.9. The maximum absolute atomic E-state index is 12.9. The van der Waals surface area contributed by atoms with Gasteiger partial charge in [-0.05, 0) is 29.3 Å². The van der Waals surface area contributed by atoms with Crippen molar-refractivity contribution in [3.63, 3.8) is 0 Å². The first-order valence-corrected chi connectivity index (χ1v) is 7.98. The molecular weight excluding hydrogens is 298 g/mol. The molecule has 3 aromatic rings. The Hall–Kier alpha value is -2.91. The quantitative estimate of drug-likeness (QED) is 0.780. The highest BCUT2D eigenvalue weighted by Crippen LogP contribution is 2.42. The van der Waals surface area contributed by atoms with Crippen LogP contribution in [0.4, 0.5) is 11.4 Å². The van der Waals surface area contributed by atoms with Gasteiger partial charge in [-0.1, -0.05) is 66.7 Å². The number of hydrogen-bond donors (Lipinski definition) is 1. The first-order chi connectivity index (χ1) is 11.8. The average Bonchev–Trinajstić information content (AvgIpc) is 2.64. The number of amides is 1. The fraction of sp³-hybridized carbons (Fsp3) is 0.0952. The largest absolute Gasteiger partial charge is 0.382 e. The Labute approximate surface area is 140 Å². The molecule has 1 amide bonds. The van der Waals surface area contributed by atoms with E-state index >= 15 is 0 Å². The van der Waals surface area contributed by atoms with Crippen LogP contribution >= 0.6 is 0 Å². The van der Waals surface area contributed by atoms with E-state index < -0.39 is 6.10 Å². The molecule has 2 atom stereocenters. The molecule has 24 heavy (non-hydrogen) atoms. The van der Waals surface area contributed by atoms with Crippen molar-refractivity contribution in [2.24, 2.45) is 0 Å². The maximum Gasteiger partial charge on any atom is 0.261 e. The van der Waals surface area contributed by atoms with E-state index in [9.17, 15) is 9.90 Å². The molecule has 0 bridgehead atoms. The first-order valence-electron chi connectivity index (χ1n) is 7.98. The lowest BCUT2D eigenvalue weighted by atomic mass is 9.82. The van der Waals surface area contributed by atoms with Gasteiger partial charge in [0.05, 0.1) is 5.69 Å². The summed E-state index contributed by atoms with van der Waals surface area (Å²) in [7, 11) is 0. The van der Waals surface area contributed by atoms with E-state index in [0.29, 0.717) is 0 Å². The molecule has 1 aliphatic heterocycles. The topological polar surface area (TPSA) is 40.5 Å². The summed E-state index contributed by atoms with van der Waals surface area (Å²) in [5, 5.41) is 10.8. The van der Waals surface area contributed by atoms with Crippen molar-refractivity contribution in [2.75, 3.05) is 4.90 Å². The molecule has 0 saturated heterocycles. The number of rotatable bonds is 2. The van der Waals surface area contributed by atoms with Gasteiger partial charge in [-0.15, -0.1) is 0 Å². The zero-order chi connectivity index (χ0) is 16.5. The van der Waals surface area contributed by atoms with Gasteiger partial charge in [0.2, 0.25) is 0 Å². The van der Waals surface area contributed by atoms with Crippen LogP contribution in [0.2, 0.25) is 0 Å². The molecule has 0 aromatic heterocycles. The van der Waals surface area contributed by atoms with Gasteiger partial charge in [0, 0.05) is 11.6 Å². The molecule has 0 saturated carbocycles. The highest BCUT2D eigenvalue weighted by molar-refractivity contribution is 6.06. The van der Waals surface area contributed by atoms with E-state index in [1.54, 1.807) is 4.90 Å². The van der Waals surface area contributed by atoms with Crippen LogP contribution in [0.3, 0.4) is 0 Å². The van der Waals surface area contributed by atoms with E-state index in [1.807, 2.05) is 84.9 Å². The van der Waals surface area contributed by atoms with Crippen LogP contribution < -0.4 is 4.90 Å². The van der Waals surface area contributed by atoms with Gasteiger partial charge in [-0.2, -0.15) is 0 Å². The number of hydrogen-bond acceptors (Lipinski definition) is 2. The zero-order valence-corrected chi connectivity index (χ0v) is 13.0. The van der Waals surface area contributed by atoms with Crippen molar-refractivity contribution >= 4 is 17.3 Å². The third-order valence-corrected chi connectivity index (χ3v) is 4.47. The molecule has 0 unspecified atom stereocenters. The third kappa shape index (κ3) is 2.30. The summed E-state index contributed by atoms with van der Waals surface area (Å²) in [5.74, 6) is -0.649. The second-order valence-electron chi connectivity index (χ2n) is 5.90. The molecule has 3 heteroatoms. The van der Waals surface area contributed by atoms with Crippen LogP contribution in [0.5, 0.6) is 0 Å². The molecule has 0 radical (unpaired) electrons. The van der Waals surface area contributed by atoms with Gasteiger partial charge in [-0.25, -0.2) is 0 Å². The SMILES string of the molecule is O=C1[C@@H](O)[C@@H](c2ccccc2)c2ccccc2N1c1ccccc1. The summed E-state index contributed by atoms with van der Waals surface area (Å²) in [6, 6.07) is 26.9. The molecule has 1 aliphatic rings. The molecule has 1 heterocycles. The summed E-state index contributed by atoms with van der Waals surface area (Å²) in [4.78, 5) is 14.6. The van der Waals surface area contributed by atoms with Gasteiger partial charge in [-0.3, -0.25) is 9.69 Å². The molecule has 4 rings (SSSR count). The molecular formula is C21H17NO2. The van der Waals surface area contributed by atoms with Crippen LogP contribution in [-0.2, 0) is 4.79 Å². The minimum Gasteiger partial charge on any atom is -0.382 e. The minimum atomic E-state index is -1.11. The number of anilines is 2. The van der Waals surface area contributed by atoms with Crippen molar-refractivity contribution in [2.45, 2.75) is 12.0 Å². The van der Waals surface area contributed by atoms with Crippen molar-refractivity contribution in [3.8, 4) is 0 Å². The molecule has 118 valence electrons. The smallest absolute Gasteiger partial charge is 0.261 e. The predicted molar refractivity (Wildman–Crippen MR) is 94.3 cm³/mol. The van der Waals surface area contributed by atoms with Gasteiger partial charge in [0.15, 0.2) is 0 Å². The molecule has 0 fully saturated rings. The van der Waals surface area contributed by atoms with Crippen LogP contribution in [0.15, 0.2) is 84.9 Å². The number of aliphatic hydroxyl groups is 1. The van der Waals surface area contributed by atoms with Crippen molar-refractivity contribution < 1.29 is 9.90 Å². The Kier molecular flexibility index (Phi) is 3.63. The van der Waals surface area contributed by atoms with Crippen molar-refractivity contribution in [3.05, 3.63) is 96.1 Å². The summed E-state index contributed by atoms with van der Waals surface area (Å²) in [6.45, 7) is 0. The molecule has 3 nitrogen and oxygen atoms in total. The predicted octanol–water partition coefficient (Wildman–Crippen LogP) is 3.86. The van der Waals surface area contributed by atoms with Crippen LogP contribution in [0, 0.1) is 0 Å². The van der Waals surface area contributed by atoms with Crippen molar-refractivity contribution in [1.82, 2.24) is 0 Å². The Morgan fingerprint density at radius 2 is 1.33 bits per heavy atom.